The fourth-order valence-corrected chi connectivity index (χ4v) is 3.38. The number of rotatable bonds is 10. The van der Waals surface area contributed by atoms with Gasteiger partial charge in [0.05, 0.1) is 5.60 Å². The maximum absolute atomic E-state index is 6.09. The van der Waals surface area contributed by atoms with Gasteiger partial charge in [-0.15, -0.1) is 0 Å². The number of aliphatic imine (C=N–C) groups is 1. The van der Waals surface area contributed by atoms with Crippen molar-refractivity contribution in [3.63, 3.8) is 0 Å². The van der Waals surface area contributed by atoms with Crippen LogP contribution < -0.4 is 0 Å². The van der Waals surface area contributed by atoms with Gasteiger partial charge in [-0.1, -0.05) is 27.7 Å². The second-order valence-electron chi connectivity index (χ2n) is 5.93. The first kappa shape index (κ1) is 17.8. The minimum atomic E-state index is -0.351. The van der Waals surface area contributed by atoms with E-state index in [0.717, 1.165) is 31.7 Å². The molecule has 2 nitrogen and oxygen atoms in total. The first-order chi connectivity index (χ1) is 8.43. The number of hydrogen-bond acceptors (Lipinski definition) is 2. The Bertz CT molecular complexity index is 235. The first-order valence-electron chi connectivity index (χ1n) is 7.57. The summed E-state index contributed by atoms with van der Waals surface area (Å²) in [5.41, 5.74) is 1.45. The predicted octanol–water partition coefficient (Wildman–Crippen LogP) is 3.98. The van der Waals surface area contributed by atoms with Crippen LogP contribution in [0.3, 0.4) is 0 Å². The van der Waals surface area contributed by atoms with Crippen molar-refractivity contribution in [2.75, 3.05) is 6.54 Å². The van der Waals surface area contributed by atoms with E-state index in [-0.39, 0.29) is 15.4 Å². The van der Waals surface area contributed by atoms with Gasteiger partial charge in [-0.25, -0.2) is 0 Å². The highest BCUT2D eigenvalue weighted by molar-refractivity contribution is 6.27. The lowest BCUT2D eigenvalue weighted by Gasteiger charge is -2.27. The third-order valence-electron chi connectivity index (χ3n) is 3.58. The molecule has 0 atom stereocenters. The predicted molar refractivity (Wildman–Crippen MR) is 85.5 cm³/mol. The zero-order valence-electron chi connectivity index (χ0n) is 13.4. The second kappa shape index (κ2) is 9.73. The molecular weight excluding hydrogens is 238 g/mol. The third-order valence-corrected chi connectivity index (χ3v) is 5.27. The molecule has 18 heavy (non-hydrogen) atoms. The minimum Gasteiger partial charge on any atom is -0.419 e. The molecule has 0 aliphatic carbocycles. The minimum absolute atomic E-state index is 0.142. The molecule has 0 fully saturated rings. The average Bonchev–Trinajstić information content (AvgIpc) is 2.32. The Morgan fingerprint density at radius 1 is 1.28 bits per heavy atom. The molecule has 0 aromatic carbocycles. The van der Waals surface area contributed by atoms with Gasteiger partial charge in [0.25, 0.3) is 0 Å². The molecule has 3 heteroatoms. The Morgan fingerprint density at radius 3 is 2.39 bits per heavy atom. The van der Waals surface area contributed by atoms with Crippen molar-refractivity contribution < 1.29 is 4.43 Å². The summed E-state index contributed by atoms with van der Waals surface area (Å²) in [7, 11) is -0.351. The molecule has 0 unspecified atom stereocenters. The molecule has 0 aromatic heterocycles. The maximum atomic E-state index is 6.09. The lowest BCUT2D eigenvalue weighted by Crippen LogP contribution is -2.28. The smallest absolute Gasteiger partial charge is 0.162 e. The monoisotopic (exact) mass is 271 g/mol. The van der Waals surface area contributed by atoms with E-state index >= 15 is 0 Å². The molecule has 0 amide bonds. The Hall–Kier alpha value is -0.153. The molecule has 0 saturated heterocycles. The molecule has 0 aliphatic rings. The van der Waals surface area contributed by atoms with E-state index in [9.17, 15) is 0 Å². The Kier molecular flexibility index (Phi) is 9.65. The van der Waals surface area contributed by atoms with Gasteiger partial charge in [-0.2, -0.15) is 0 Å². The van der Waals surface area contributed by atoms with Gasteiger partial charge in [0.1, 0.15) is 0 Å². The normalized spacial score (nSPS) is 14.1. The van der Waals surface area contributed by atoms with E-state index in [4.69, 9.17) is 4.43 Å². The van der Waals surface area contributed by atoms with Crippen LogP contribution in [0.1, 0.15) is 67.2 Å². The van der Waals surface area contributed by atoms with Crippen LogP contribution in [0.2, 0.25) is 6.04 Å². The molecule has 0 N–H and O–H groups in total. The van der Waals surface area contributed by atoms with Crippen LogP contribution in [0.5, 0.6) is 0 Å². The van der Waals surface area contributed by atoms with E-state index in [1.165, 1.54) is 18.2 Å². The molecule has 0 aromatic rings. The van der Waals surface area contributed by atoms with Crippen LogP contribution in [-0.4, -0.2) is 27.6 Å². The quantitative estimate of drug-likeness (QED) is 0.334. The Balaban J connectivity index is 3.63. The van der Waals surface area contributed by atoms with Gasteiger partial charge in [0.2, 0.25) is 0 Å². The first-order valence-corrected chi connectivity index (χ1v) is 9.15. The van der Waals surface area contributed by atoms with Crippen molar-refractivity contribution in [3.05, 3.63) is 0 Å². The standard InChI is InChI=1S/C15H33NOSi/c1-7-15(6,8-2)17-18-11-9-10-16-14(5)12-13(3)4/h13H,7-12,18H2,1-6H3. The molecular formula is C15H33NOSi. The van der Waals surface area contributed by atoms with Gasteiger partial charge >= 0.3 is 0 Å². The summed E-state index contributed by atoms with van der Waals surface area (Å²) in [4.78, 5) is 4.62. The lowest BCUT2D eigenvalue weighted by molar-refractivity contribution is 0.0851. The molecule has 0 aliphatic heterocycles. The van der Waals surface area contributed by atoms with Crippen LogP contribution in [0.15, 0.2) is 4.99 Å². The largest absolute Gasteiger partial charge is 0.419 e. The molecule has 0 bridgehead atoms. The van der Waals surface area contributed by atoms with E-state index in [2.05, 4.69) is 46.5 Å². The summed E-state index contributed by atoms with van der Waals surface area (Å²) in [5.74, 6) is 0.723. The molecule has 0 saturated carbocycles. The summed E-state index contributed by atoms with van der Waals surface area (Å²) >= 11 is 0. The van der Waals surface area contributed by atoms with Crippen molar-refractivity contribution in [1.29, 1.82) is 0 Å². The van der Waals surface area contributed by atoms with Gasteiger partial charge in [0, 0.05) is 12.3 Å². The van der Waals surface area contributed by atoms with Crippen LogP contribution >= 0.6 is 0 Å². The van der Waals surface area contributed by atoms with E-state index in [1.54, 1.807) is 0 Å². The van der Waals surface area contributed by atoms with Crippen molar-refractivity contribution >= 4 is 15.5 Å². The van der Waals surface area contributed by atoms with E-state index < -0.39 is 0 Å². The van der Waals surface area contributed by atoms with Gasteiger partial charge < -0.3 is 4.43 Å². The highest BCUT2D eigenvalue weighted by Crippen LogP contribution is 2.18. The van der Waals surface area contributed by atoms with Crippen LogP contribution in [0.25, 0.3) is 0 Å². The van der Waals surface area contributed by atoms with Crippen molar-refractivity contribution in [3.8, 4) is 0 Å². The summed E-state index contributed by atoms with van der Waals surface area (Å²) in [6.45, 7) is 14.3. The molecule has 0 radical (unpaired) electrons. The van der Waals surface area contributed by atoms with Gasteiger partial charge in [-0.05, 0) is 51.5 Å². The SMILES string of the molecule is CCC(C)(CC)O[SiH2]CCCN=C(C)CC(C)C. The molecule has 0 rings (SSSR count). The second-order valence-corrected chi connectivity index (χ2v) is 7.33. The zero-order valence-corrected chi connectivity index (χ0v) is 14.8. The van der Waals surface area contributed by atoms with Crippen LogP contribution in [0, 0.1) is 5.92 Å². The number of hydrogen-bond donors (Lipinski definition) is 0. The summed E-state index contributed by atoms with van der Waals surface area (Å²) in [6, 6.07) is 1.26. The Labute approximate surface area is 117 Å². The highest BCUT2D eigenvalue weighted by Gasteiger charge is 2.18. The van der Waals surface area contributed by atoms with Crippen molar-refractivity contribution in [2.24, 2.45) is 10.9 Å². The molecule has 0 spiro atoms. The van der Waals surface area contributed by atoms with Gasteiger partial charge in [-0.3, -0.25) is 4.99 Å². The van der Waals surface area contributed by atoms with Crippen LogP contribution in [-0.2, 0) is 4.43 Å². The number of nitrogens with zero attached hydrogens (tertiary/aromatic N) is 1. The fourth-order valence-electron chi connectivity index (χ4n) is 1.91. The van der Waals surface area contributed by atoms with Gasteiger partial charge in [0.15, 0.2) is 9.76 Å². The maximum Gasteiger partial charge on any atom is 0.162 e. The summed E-state index contributed by atoms with van der Waals surface area (Å²) < 4.78 is 6.09. The average molecular weight is 272 g/mol. The fraction of sp³-hybridized carbons (Fsp3) is 0.933. The van der Waals surface area contributed by atoms with Crippen LogP contribution in [0.4, 0.5) is 0 Å². The van der Waals surface area contributed by atoms with E-state index in [1.807, 2.05) is 0 Å². The van der Waals surface area contributed by atoms with Crippen molar-refractivity contribution in [1.82, 2.24) is 0 Å². The third kappa shape index (κ3) is 8.87. The van der Waals surface area contributed by atoms with E-state index in [0.29, 0.717) is 0 Å². The summed E-state index contributed by atoms with van der Waals surface area (Å²) in [6.07, 6.45) is 4.59. The molecule has 0 heterocycles. The zero-order chi connectivity index (χ0) is 14.0. The lowest BCUT2D eigenvalue weighted by atomic mass is 10.0. The topological polar surface area (TPSA) is 21.6 Å². The van der Waals surface area contributed by atoms with Crippen molar-refractivity contribution in [2.45, 2.75) is 78.9 Å². The highest BCUT2D eigenvalue weighted by atomic mass is 28.2. The summed E-state index contributed by atoms with van der Waals surface area (Å²) in [5, 5.41) is 0. The Morgan fingerprint density at radius 2 is 1.89 bits per heavy atom. The molecule has 108 valence electrons.